The molecule has 0 saturated heterocycles. The van der Waals surface area contributed by atoms with Crippen LogP contribution >= 0.6 is 23.2 Å². The lowest BCUT2D eigenvalue weighted by molar-refractivity contribution is -0.121. The summed E-state index contributed by atoms with van der Waals surface area (Å²) < 4.78 is 7.45. The SMILES string of the molecule is O=C(Cn1cnc2ccccc21)N/N=C\c1ccc(-c2cccc(Cl)c2Cl)o1. The van der Waals surface area contributed by atoms with Gasteiger partial charge in [0.05, 0.1) is 33.6 Å². The molecule has 0 aliphatic carbocycles. The van der Waals surface area contributed by atoms with E-state index < -0.39 is 0 Å². The van der Waals surface area contributed by atoms with Crippen molar-refractivity contribution in [2.75, 3.05) is 0 Å². The highest BCUT2D eigenvalue weighted by Gasteiger charge is 2.10. The van der Waals surface area contributed by atoms with E-state index in [9.17, 15) is 4.79 Å². The Labute approximate surface area is 170 Å². The number of hydrogen-bond donors (Lipinski definition) is 1. The molecule has 0 radical (unpaired) electrons. The molecule has 140 valence electrons. The highest BCUT2D eigenvalue weighted by atomic mass is 35.5. The molecule has 0 unspecified atom stereocenters. The molecular formula is C20H14Cl2N4O2. The first-order valence-corrected chi connectivity index (χ1v) is 9.13. The Kier molecular flexibility index (Phi) is 5.14. The zero-order chi connectivity index (χ0) is 19.5. The third-order valence-electron chi connectivity index (χ3n) is 4.07. The van der Waals surface area contributed by atoms with E-state index in [1.165, 1.54) is 6.21 Å². The number of rotatable bonds is 5. The van der Waals surface area contributed by atoms with Gasteiger partial charge < -0.3 is 8.98 Å². The van der Waals surface area contributed by atoms with Crippen molar-refractivity contribution in [2.45, 2.75) is 6.54 Å². The van der Waals surface area contributed by atoms with Gasteiger partial charge in [0.1, 0.15) is 18.1 Å². The van der Waals surface area contributed by atoms with Gasteiger partial charge in [-0.2, -0.15) is 5.10 Å². The molecule has 0 fully saturated rings. The van der Waals surface area contributed by atoms with Crippen LogP contribution in [0.1, 0.15) is 5.76 Å². The number of aromatic nitrogens is 2. The number of para-hydroxylation sites is 2. The van der Waals surface area contributed by atoms with Crippen molar-refractivity contribution in [1.82, 2.24) is 15.0 Å². The number of furan rings is 1. The molecule has 1 N–H and O–H groups in total. The maximum atomic E-state index is 12.1. The number of amides is 1. The van der Waals surface area contributed by atoms with Crippen molar-refractivity contribution in [2.24, 2.45) is 5.10 Å². The van der Waals surface area contributed by atoms with E-state index in [1.807, 2.05) is 30.3 Å². The van der Waals surface area contributed by atoms with Gasteiger partial charge >= 0.3 is 0 Å². The molecule has 0 atom stereocenters. The maximum Gasteiger partial charge on any atom is 0.260 e. The van der Waals surface area contributed by atoms with Crippen LogP contribution in [0.3, 0.4) is 0 Å². The average Bonchev–Trinajstić information content (AvgIpc) is 3.32. The number of imidazole rings is 1. The van der Waals surface area contributed by atoms with Gasteiger partial charge in [0.25, 0.3) is 5.91 Å². The summed E-state index contributed by atoms with van der Waals surface area (Å²) in [7, 11) is 0. The second-order valence-corrected chi connectivity index (χ2v) is 6.74. The lowest BCUT2D eigenvalue weighted by Crippen LogP contribution is -2.22. The van der Waals surface area contributed by atoms with Crippen molar-refractivity contribution in [3.8, 4) is 11.3 Å². The summed E-state index contributed by atoms with van der Waals surface area (Å²) in [4.78, 5) is 16.4. The van der Waals surface area contributed by atoms with Gasteiger partial charge in [0.15, 0.2) is 0 Å². The number of carbonyl (C=O) groups is 1. The summed E-state index contributed by atoms with van der Waals surface area (Å²) >= 11 is 12.2. The highest BCUT2D eigenvalue weighted by Crippen LogP contribution is 2.34. The van der Waals surface area contributed by atoms with E-state index >= 15 is 0 Å². The Morgan fingerprint density at radius 2 is 2.00 bits per heavy atom. The summed E-state index contributed by atoms with van der Waals surface area (Å²) in [6.45, 7) is 0.110. The fourth-order valence-corrected chi connectivity index (χ4v) is 3.15. The maximum absolute atomic E-state index is 12.1. The molecule has 0 aliphatic heterocycles. The predicted molar refractivity (Wildman–Crippen MR) is 110 cm³/mol. The van der Waals surface area contributed by atoms with Crippen LogP contribution in [0.5, 0.6) is 0 Å². The van der Waals surface area contributed by atoms with Crippen molar-refractivity contribution in [3.05, 3.63) is 76.7 Å². The van der Waals surface area contributed by atoms with Crippen LogP contribution in [0.25, 0.3) is 22.4 Å². The highest BCUT2D eigenvalue weighted by molar-refractivity contribution is 6.43. The molecule has 6 nitrogen and oxygen atoms in total. The molecule has 0 spiro atoms. The van der Waals surface area contributed by atoms with E-state index in [2.05, 4.69) is 15.5 Å². The Hall–Kier alpha value is -3.09. The summed E-state index contributed by atoms with van der Waals surface area (Å²) in [5.41, 5.74) is 4.88. The minimum absolute atomic E-state index is 0.110. The monoisotopic (exact) mass is 412 g/mol. The molecule has 0 bridgehead atoms. The third-order valence-corrected chi connectivity index (χ3v) is 4.89. The molecule has 0 saturated carbocycles. The van der Waals surface area contributed by atoms with Crippen LogP contribution in [0.2, 0.25) is 10.0 Å². The minimum Gasteiger partial charge on any atom is -0.455 e. The number of nitrogens with zero attached hydrogens (tertiary/aromatic N) is 3. The van der Waals surface area contributed by atoms with Gasteiger partial charge in [-0.05, 0) is 36.4 Å². The molecular weight excluding hydrogens is 399 g/mol. The minimum atomic E-state index is -0.274. The predicted octanol–water partition coefficient (Wildman–Crippen LogP) is 4.75. The van der Waals surface area contributed by atoms with Gasteiger partial charge in [-0.1, -0.05) is 41.4 Å². The van der Waals surface area contributed by atoms with Gasteiger partial charge in [-0.25, -0.2) is 10.4 Å². The zero-order valence-corrected chi connectivity index (χ0v) is 16.0. The number of hydrogen-bond acceptors (Lipinski definition) is 4. The smallest absolute Gasteiger partial charge is 0.260 e. The van der Waals surface area contributed by atoms with Crippen LogP contribution in [0.15, 0.2) is 70.4 Å². The molecule has 4 rings (SSSR count). The van der Waals surface area contributed by atoms with Crippen molar-refractivity contribution in [1.29, 1.82) is 0 Å². The fourth-order valence-electron chi connectivity index (χ4n) is 2.76. The molecule has 28 heavy (non-hydrogen) atoms. The Bertz CT molecular complexity index is 1180. The number of hydrazone groups is 1. The van der Waals surface area contributed by atoms with E-state index in [4.69, 9.17) is 27.6 Å². The quantitative estimate of drug-likeness (QED) is 0.379. The number of carbonyl (C=O) groups excluding carboxylic acids is 1. The fraction of sp³-hybridized carbons (Fsp3) is 0.0500. The molecule has 4 aromatic rings. The average molecular weight is 413 g/mol. The standard InChI is InChI=1S/C20H14Cl2N4O2/c21-15-5-3-4-14(20(15)22)18-9-8-13(28-18)10-24-25-19(27)11-26-12-23-16-6-1-2-7-17(16)26/h1-10,12H,11H2,(H,25,27)/b24-10-. The molecule has 8 heteroatoms. The third kappa shape index (κ3) is 3.78. The summed E-state index contributed by atoms with van der Waals surface area (Å²) in [5.74, 6) is 0.758. The summed E-state index contributed by atoms with van der Waals surface area (Å²) in [6.07, 6.45) is 3.05. The summed E-state index contributed by atoms with van der Waals surface area (Å²) in [6, 6.07) is 16.4. The second kappa shape index (κ2) is 7.88. The molecule has 1 amide bonds. The molecule has 0 aliphatic rings. The second-order valence-electron chi connectivity index (χ2n) is 5.96. The van der Waals surface area contributed by atoms with E-state index in [-0.39, 0.29) is 12.5 Å². The number of nitrogens with one attached hydrogen (secondary N) is 1. The summed E-state index contributed by atoms with van der Waals surface area (Å²) in [5, 5.41) is 4.81. The van der Waals surface area contributed by atoms with Crippen LogP contribution in [0.4, 0.5) is 0 Å². The largest absolute Gasteiger partial charge is 0.455 e. The van der Waals surface area contributed by atoms with Crippen molar-refractivity contribution >= 4 is 46.4 Å². The van der Waals surface area contributed by atoms with Gasteiger partial charge in [0.2, 0.25) is 0 Å². The Morgan fingerprint density at radius 1 is 1.14 bits per heavy atom. The first-order valence-electron chi connectivity index (χ1n) is 8.38. The molecule has 2 aromatic carbocycles. The van der Waals surface area contributed by atoms with Crippen LogP contribution in [-0.4, -0.2) is 21.7 Å². The lowest BCUT2D eigenvalue weighted by atomic mass is 10.2. The van der Waals surface area contributed by atoms with Crippen LogP contribution in [0, 0.1) is 0 Å². The van der Waals surface area contributed by atoms with Gasteiger partial charge in [-0.15, -0.1) is 0 Å². The zero-order valence-electron chi connectivity index (χ0n) is 14.5. The Morgan fingerprint density at radius 3 is 2.89 bits per heavy atom. The lowest BCUT2D eigenvalue weighted by Gasteiger charge is -2.02. The van der Waals surface area contributed by atoms with Gasteiger partial charge in [0, 0.05) is 5.56 Å². The topological polar surface area (TPSA) is 72.4 Å². The number of fused-ring (bicyclic) bond motifs is 1. The number of benzene rings is 2. The van der Waals surface area contributed by atoms with E-state index in [1.54, 1.807) is 35.2 Å². The molecule has 2 aromatic heterocycles. The van der Waals surface area contributed by atoms with Gasteiger partial charge in [-0.3, -0.25) is 4.79 Å². The Balaban J connectivity index is 1.40. The first-order chi connectivity index (χ1) is 13.6. The normalized spacial score (nSPS) is 11.4. The molecule has 2 heterocycles. The first kappa shape index (κ1) is 18.3. The van der Waals surface area contributed by atoms with Crippen LogP contribution in [-0.2, 0) is 11.3 Å². The van der Waals surface area contributed by atoms with E-state index in [0.29, 0.717) is 27.1 Å². The van der Waals surface area contributed by atoms with E-state index in [0.717, 1.165) is 11.0 Å². The van der Waals surface area contributed by atoms with Crippen molar-refractivity contribution in [3.63, 3.8) is 0 Å². The van der Waals surface area contributed by atoms with Crippen molar-refractivity contribution < 1.29 is 9.21 Å². The number of halogens is 2. The van der Waals surface area contributed by atoms with Crippen LogP contribution < -0.4 is 5.43 Å².